The van der Waals surface area contributed by atoms with Crippen molar-refractivity contribution in [1.82, 2.24) is 0 Å². The highest BCUT2D eigenvalue weighted by atomic mass is 32.2. The molecule has 1 heterocycles. The molecule has 66 valence electrons. The number of nitrogens with one attached hydrogen (secondary N) is 1. The van der Waals surface area contributed by atoms with Gasteiger partial charge >= 0.3 is 5.97 Å². The molecule has 0 amide bonds. The lowest BCUT2D eigenvalue weighted by Gasteiger charge is -2.13. The first-order valence-electron chi connectivity index (χ1n) is 3.73. The summed E-state index contributed by atoms with van der Waals surface area (Å²) in [5, 5.41) is 10.8. The first-order valence-corrected chi connectivity index (χ1v) is 4.61. The van der Waals surface area contributed by atoms with E-state index in [0.717, 1.165) is 5.56 Å². The van der Waals surface area contributed by atoms with Gasteiger partial charge in [0.2, 0.25) is 0 Å². The average Bonchev–Trinajstić information content (AvgIpc) is 2.17. The highest BCUT2D eigenvalue weighted by Crippen LogP contribution is 2.29. The maximum atomic E-state index is 10.8. The lowest BCUT2D eigenvalue weighted by molar-refractivity contribution is 0.0698. The van der Waals surface area contributed by atoms with Gasteiger partial charge in [-0.15, -0.1) is 0 Å². The summed E-state index contributed by atoms with van der Waals surface area (Å²) < 4.78 is 2.96. The Kier molecular flexibility index (Phi) is 1.98. The second-order valence-corrected chi connectivity index (χ2v) is 3.31. The number of hydrogen-bond donors (Lipinski definition) is 2. The average molecular weight is 193 g/mol. The van der Waals surface area contributed by atoms with Gasteiger partial charge in [0.05, 0.1) is 11.3 Å². The fourth-order valence-corrected chi connectivity index (χ4v) is 1.83. The van der Waals surface area contributed by atoms with Gasteiger partial charge in [0.25, 0.3) is 0 Å². The van der Waals surface area contributed by atoms with Gasteiger partial charge in [-0.1, -0.05) is 12.1 Å². The number of anilines is 1. The minimum absolute atomic E-state index is 0.314. The van der Waals surface area contributed by atoms with E-state index in [-0.39, 0.29) is 0 Å². The molecule has 0 unspecified atom stereocenters. The highest BCUT2D eigenvalue weighted by Gasteiger charge is 2.13. The standard InChI is InChI=1S/C9H7NO2S/c11-9(12)7-3-1-2-6-4-5-13-10-8(6)7/h1-5,10H,(H,11,12). The number of carbonyl (C=O) groups is 1. The third-order valence-corrected chi connectivity index (χ3v) is 2.40. The molecule has 3 nitrogen and oxygen atoms in total. The van der Waals surface area contributed by atoms with Crippen LogP contribution in [0, 0.1) is 0 Å². The second kappa shape index (κ2) is 3.14. The molecule has 0 bridgehead atoms. The first-order chi connectivity index (χ1) is 6.29. The number of hydrogen-bond acceptors (Lipinski definition) is 3. The molecule has 4 heteroatoms. The molecule has 0 fully saturated rings. The molecule has 1 aromatic rings. The zero-order chi connectivity index (χ0) is 9.26. The summed E-state index contributed by atoms with van der Waals surface area (Å²) in [5.41, 5.74) is 1.91. The summed E-state index contributed by atoms with van der Waals surface area (Å²) in [6, 6.07) is 5.21. The summed E-state index contributed by atoms with van der Waals surface area (Å²) >= 11 is 1.38. The number of carboxylic acid groups (broad SMARTS) is 1. The fraction of sp³-hybridized carbons (Fsp3) is 0. The number of para-hydroxylation sites is 1. The Morgan fingerprint density at radius 3 is 3.08 bits per heavy atom. The van der Waals surface area contributed by atoms with Crippen LogP contribution in [0.3, 0.4) is 0 Å². The van der Waals surface area contributed by atoms with Crippen LogP contribution in [0.25, 0.3) is 6.08 Å². The molecule has 0 saturated heterocycles. The predicted octanol–water partition coefficient (Wildman–Crippen LogP) is 2.43. The van der Waals surface area contributed by atoms with Crippen molar-refractivity contribution in [2.24, 2.45) is 0 Å². The monoisotopic (exact) mass is 193 g/mol. The predicted molar refractivity (Wildman–Crippen MR) is 53.6 cm³/mol. The van der Waals surface area contributed by atoms with E-state index >= 15 is 0 Å². The summed E-state index contributed by atoms with van der Waals surface area (Å²) in [6.45, 7) is 0. The van der Waals surface area contributed by atoms with Gasteiger partial charge in [-0.05, 0) is 35.1 Å². The van der Waals surface area contributed by atoms with Crippen LogP contribution in [-0.2, 0) is 0 Å². The molecule has 0 aromatic heterocycles. The Bertz CT molecular complexity index is 387. The normalized spacial score (nSPS) is 13.2. The van der Waals surface area contributed by atoms with Crippen molar-refractivity contribution in [2.45, 2.75) is 0 Å². The summed E-state index contributed by atoms with van der Waals surface area (Å²) in [7, 11) is 0. The lowest BCUT2D eigenvalue weighted by Crippen LogP contribution is -2.04. The number of carboxylic acids is 1. The van der Waals surface area contributed by atoms with E-state index in [1.54, 1.807) is 12.1 Å². The number of rotatable bonds is 1. The number of aromatic carboxylic acids is 1. The summed E-state index contributed by atoms with van der Waals surface area (Å²) in [4.78, 5) is 10.8. The van der Waals surface area contributed by atoms with Crippen molar-refractivity contribution in [3.8, 4) is 0 Å². The van der Waals surface area contributed by atoms with Crippen LogP contribution < -0.4 is 4.72 Å². The number of benzene rings is 1. The minimum Gasteiger partial charge on any atom is -0.478 e. The van der Waals surface area contributed by atoms with Crippen molar-refractivity contribution in [3.05, 3.63) is 34.7 Å². The first kappa shape index (κ1) is 8.19. The smallest absolute Gasteiger partial charge is 0.337 e. The number of fused-ring (bicyclic) bond motifs is 1. The van der Waals surface area contributed by atoms with Crippen LogP contribution >= 0.6 is 11.9 Å². The van der Waals surface area contributed by atoms with Crippen LogP contribution in [-0.4, -0.2) is 11.1 Å². The van der Waals surface area contributed by atoms with Crippen LogP contribution in [0.4, 0.5) is 5.69 Å². The van der Waals surface area contributed by atoms with Gasteiger partial charge in [0.15, 0.2) is 0 Å². The quantitative estimate of drug-likeness (QED) is 0.672. The van der Waals surface area contributed by atoms with Crippen molar-refractivity contribution in [1.29, 1.82) is 0 Å². The molecule has 0 radical (unpaired) electrons. The Hall–Kier alpha value is -1.42. The molecule has 1 aliphatic heterocycles. The third-order valence-electron chi connectivity index (χ3n) is 1.80. The topological polar surface area (TPSA) is 49.3 Å². The third kappa shape index (κ3) is 1.40. The molecule has 2 N–H and O–H groups in total. The van der Waals surface area contributed by atoms with E-state index < -0.39 is 5.97 Å². The van der Waals surface area contributed by atoms with Crippen LogP contribution in [0.5, 0.6) is 0 Å². The van der Waals surface area contributed by atoms with Crippen molar-refractivity contribution >= 4 is 29.7 Å². The fourth-order valence-electron chi connectivity index (χ4n) is 1.20. The molecular weight excluding hydrogens is 186 g/mol. The second-order valence-electron chi connectivity index (χ2n) is 2.60. The Morgan fingerprint density at radius 2 is 2.31 bits per heavy atom. The maximum Gasteiger partial charge on any atom is 0.337 e. The zero-order valence-electron chi connectivity index (χ0n) is 6.65. The van der Waals surface area contributed by atoms with Crippen molar-refractivity contribution in [2.75, 3.05) is 4.72 Å². The Balaban J connectivity index is 2.59. The van der Waals surface area contributed by atoms with Crippen LogP contribution in [0.2, 0.25) is 0 Å². The van der Waals surface area contributed by atoms with Crippen molar-refractivity contribution in [3.63, 3.8) is 0 Å². The highest BCUT2D eigenvalue weighted by molar-refractivity contribution is 8.03. The maximum absolute atomic E-state index is 10.8. The van der Waals surface area contributed by atoms with E-state index in [4.69, 9.17) is 5.11 Å². The van der Waals surface area contributed by atoms with E-state index in [1.807, 2.05) is 17.6 Å². The molecule has 0 atom stereocenters. The van der Waals surface area contributed by atoms with Gasteiger partial charge in [-0.2, -0.15) is 0 Å². The zero-order valence-corrected chi connectivity index (χ0v) is 7.47. The van der Waals surface area contributed by atoms with Crippen LogP contribution in [0.1, 0.15) is 15.9 Å². The lowest BCUT2D eigenvalue weighted by atomic mass is 10.1. The molecule has 1 aromatic carbocycles. The Labute approximate surface area is 79.6 Å². The van der Waals surface area contributed by atoms with Crippen molar-refractivity contribution < 1.29 is 9.90 Å². The van der Waals surface area contributed by atoms with Gasteiger partial charge in [0.1, 0.15) is 0 Å². The summed E-state index contributed by atoms with van der Waals surface area (Å²) in [5.74, 6) is -0.903. The van der Waals surface area contributed by atoms with Gasteiger partial charge in [0, 0.05) is 0 Å². The Morgan fingerprint density at radius 1 is 1.46 bits per heavy atom. The van der Waals surface area contributed by atoms with Gasteiger partial charge in [-0.3, -0.25) is 0 Å². The molecular formula is C9H7NO2S. The minimum atomic E-state index is -0.903. The summed E-state index contributed by atoms with van der Waals surface area (Å²) in [6.07, 6.45) is 1.89. The molecule has 0 saturated carbocycles. The largest absolute Gasteiger partial charge is 0.478 e. The van der Waals surface area contributed by atoms with Gasteiger partial charge in [-0.25, -0.2) is 4.79 Å². The van der Waals surface area contributed by atoms with E-state index in [0.29, 0.717) is 11.3 Å². The molecule has 1 aliphatic rings. The van der Waals surface area contributed by atoms with E-state index in [9.17, 15) is 4.79 Å². The van der Waals surface area contributed by atoms with E-state index in [2.05, 4.69) is 4.72 Å². The SMILES string of the molecule is O=C(O)c1cccc2c1NSC=C2. The molecule has 0 aliphatic carbocycles. The molecule has 2 rings (SSSR count). The van der Waals surface area contributed by atoms with Crippen LogP contribution in [0.15, 0.2) is 23.6 Å². The molecule has 0 spiro atoms. The van der Waals surface area contributed by atoms with Gasteiger partial charge < -0.3 is 9.83 Å². The van der Waals surface area contributed by atoms with E-state index in [1.165, 1.54) is 11.9 Å². The molecule has 13 heavy (non-hydrogen) atoms.